The van der Waals surface area contributed by atoms with E-state index in [0.717, 1.165) is 23.5 Å². The molecule has 1 aromatic heterocycles. The number of nitrogens with one attached hydrogen (secondary N) is 1. The van der Waals surface area contributed by atoms with Gasteiger partial charge in [-0.05, 0) is 12.0 Å². The maximum Gasteiger partial charge on any atom is 0.242 e. The van der Waals surface area contributed by atoms with Crippen molar-refractivity contribution in [3.05, 3.63) is 54.6 Å². The summed E-state index contributed by atoms with van der Waals surface area (Å²) in [6.45, 7) is 1.19. The van der Waals surface area contributed by atoms with E-state index in [0.29, 0.717) is 12.1 Å². The number of aryl methyl sites for hydroxylation is 1. The molecule has 7 nitrogen and oxygen atoms in total. The molecule has 1 heterocycles. The predicted octanol–water partition coefficient (Wildman–Crippen LogP) is 1.02. The van der Waals surface area contributed by atoms with Gasteiger partial charge in [-0.3, -0.25) is 4.79 Å². The molecule has 0 fully saturated rings. The van der Waals surface area contributed by atoms with E-state index in [2.05, 4.69) is 10.3 Å². The molecule has 0 saturated carbocycles. The molecular weight excluding hydrogens is 328 g/mol. The maximum absolute atomic E-state index is 12.6. The van der Waals surface area contributed by atoms with Crippen LogP contribution in [0, 0.1) is 0 Å². The van der Waals surface area contributed by atoms with E-state index in [-0.39, 0.29) is 5.91 Å². The van der Waals surface area contributed by atoms with Gasteiger partial charge in [0.1, 0.15) is 6.04 Å². The third kappa shape index (κ3) is 4.90. The van der Waals surface area contributed by atoms with E-state index in [9.17, 15) is 13.2 Å². The van der Waals surface area contributed by atoms with Crippen molar-refractivity contribution < 1.29 is 13.2 Å². The molecule has 0 spiro atoms. The average molecular weight is 350 g/mol. The fourth-order valence-corrected chi connectivity index (χ4v) is 2.94. The lowest BCUT2D eigenvalue weighted by Gasteiger charge is -2.25. The van der Waals surface area contributed by atoms with Crippen LogP contribution in [0.1, 0.15) is 18.0 Å². The number of hydrogen-bond donors (Lipinski definition) is 1. The number of imidazole rings is 1. The van der Waals surface area contributed by atoms with E-state index < -0.39 is 16.1 Å². The topological polar surface area (TPSA) is 84.3 Å². The normalized spacial score (nSPS) is 13.0. The molecule has 0 aliphatic carbocycles. The highest BCUT2D eigenvalue weighted by atomic mass is 32.2. The number of carbonyl (C=O) groups is 1. The van der Waals surface area contributed by atoms with Gasteiger partial charge in [0.15, 0.2) is 0 Å². The Kier molecular flexibility index (Phi) is 6.10. The molecule has 130 valence electrons. The van der Waals surface area contributed by atoms with Crippen LogP contribution in [0.3, 0.4) is 0 Å². The molecule has 24 heavy (non-hydrogen) atoms. The summed E-state index contributed by atoms with van der Waals surface area (Å²) >= 11 is 0. The van der Waals surface area contributed by atoms with Gasteiger partial charge >= 0.3 is 0 Å². The molecule has 8 heteroatoms. The van der Waals surface area contributed by atoms with Gasteiger partial charge in [-0.1, -0.05) is 30.3 Å². The van der Waals surface area contributed by atoms with E-state index in [1.165, 1.54) is 7.05 Å². The highest BCUT2D eigenvalue weighted by molar-refractivity contribution is 7.88. The van der Waals surface area contributed by atoms with Crippen molar-refractivity contribution in [1.82, 2.24) is 19.2 Å². The number of rotatable bonds is 8. The summed E-state index contributed by atoms with van der Waals surface area (Å²) in [6.07, 6.45) is 7.09. The van der Waals surface area contributed by atoms with Crippen LogP contribution in [0.25, 0.3) is 0 Å². The second-order valence-electron chi connectivity index (χ2n) is 5.54. The largest absolute Gasteiger partial charge is 0.354 e. The number of aromatic nitrogens is 2. The lowest BCUT2D eigenvalue weighted by atomic mass is 10.1. The molecule has 0 aliphatic rings. The van der Waals surface area contributed by atoms with Crippen LogP contribution < -0.4 is 5.32 Å². The molecule has 2 rings (SSSR count). The van der Waals surface area contributed by atoms with E-state index in [4.69, 9.17) is 0 Å². The summed E-state index contributed by atoms with van der Waals surface area (Å²) in [5, 5.41) is 2.82. The number of sulfonamides is 1. The molecule has 0 aliphatic heterocycles. The quantitative estimate of drug-likeness (QED) is 0.721. The predicted molar refractivity (Wildman–Crippen MR) is 91.6 cm³/mol. The number of nitrogens with zero attached hydrogens (tertiary/aromatic N) is 3. The first-order chi connectivity index (χ1) is 11.4. The van der Waals surface area contributed by atoms with Gasteiger partial charge in [-0.2, -0.15) is 4.31 Å². The first-order valence-electron chi connectivity index (χ1n) is 7.61. The average Bonchev–Trinajstić information content (AvgIpc) is 3.05. The zero-order chi connectivity index (χ0) is 17.6. The zero-order valence-corrected chi connectivity index (χ0v) is 14.6. The number of benzene rings is 1. The second kappa shape index (κ2) is 8.07. The fraction of sp³-hybridized carbons (Fsp3) is 0.375. The molecule has 0 radical (unpaired) electrons. The minimum absolute atomic E-state index is 0.334. The highest BCUT2D eigenvalue weighted by Crippen LogP contribution is 2.21. The van der Waals surface area contributed by atoms with Crippen LogP contribution in [0.15, 0.2) is 49.1 Å². The van der Waals surface area contributed by atoms with Crippen molar-refractivity contribution in [2.24, 2.45) is 0 Å². The minimum Gasteiger partial charge on any atom is -0.354 e. The number of likely N-dealkylation sites (N-methyl/N-ethyl adjacent to an activating group) is 1. The zero-order valence-electron chi connectivity index (χ0n) is 13.8. The molecule has 2 aromatic rings. The Hall–Kier alpha value is -2.19. The first-order valence-corrected chi connectivity index (χ1v) is 9.46. The molecular formula is C16H22N4O3S. The van der Waals surface area contributed by atoms with Crippen LogP contribution in [0.5, 0.6) is 0 Å². The molecule has 0 saturated heterocycles. The standard InChI is InChI=1S/C16H22N4O3S/c1-19(24(2,22)23)15(14-7-4-3-5-8-14)16(21)18-9-6-11-20-12-10-17-13-20/h3-5,7-8,10,12-13,15H,6,9,11H2,1-2H3,(H,18,21)/t15-/m1/s1. The van der Waals surface area contributed by atoms with Gasteiger partial charge in [0, 0.05) is 32.5 Å². The molecule has 0 unspecified atom stereocenters. The summed E-state index contributed by atoms with van der Waals surface area (Å²) in [6, 6.07) is 8.00. The Bertz CT molecular complexity index is 745. The summed E-state index contributed by atoms with van der Waals surface area (Å²) in [7, 11) is -2.09. The summed E-state index contributed by atoms with van der Waals surface area (Å²) < 4.78 is 26.8. The van der Waals surface area contributed by atoms with Gasteiger partial charge in [-0.25, -0.2) is 13.4 Å². The number of amides is 1. The van der Waals surface area contributed by atoms with E-state index in [1.54, 1.807) is 36.8 Å². The third-order valence-electron chi connectivity index (χ3n) is 3.70. The Morgan fingerprint density at radius 1 is 1.33 bits per heavy atom. The summed E-state index contributed by atoms with van der Waals surface area (Å²) in [5.74, 6) is -0.334. The van der Waals surface area contributed by atoms with Crippen molar-refractivity contribution in [3.8, 4) is 0 Å². The van der Waals surface area contributed by atoms with E-state index >= 15 is 0 Å². The van der Waals surface area contributed by atoms with Crippen LogP contribution in [-0.2, 0) is 21.4 Å². The van der Waals surface area contributed by atoms with Crippen molar-refractivity contribution in [3.63, 3.8) is 0 Å². The Morgan fingerprint density at radius 3 is 2.62 bits per heavy atom. The van der Waals surface area contributed by atoms with Gasteiger partial charge < -0.3 is 9.88 Å². The van der Waals surface area contributed by atoms with E-state index in [1.807, 2.05) is 16.8 Å². The Balaban J connectivity index is 2.02. The van der Waals surface area contributed by atoms with Gasteiger partial charge in [0.05, 0.1) is 12.6 Å². The van der Waals surface area contributed by atoms with Crippen molar-refractivity contribution in [2.45, 2.75) is 19.0 Å². The van der Waals surface area contributed by atoms with Gasteiger partial charge in [0.25, 0.3) is 0 Å². The molecule has 1 atom stereocenters. The molecule has 1 amide bonds. The van der Waals surface area contributed by atoms with Crippen LogP contribution in [-0.4, -0.2) is 48.0 Å². The van der Waals surface area contributed by atoms with Crippen LogP contribution in [0.4, 0.5) is 0 Å². The summed E-state index contributed by atoms with van der Waals surface area (Å²) in [5.41, 5.74) is 0.637. The minimum atomic E-state index is -3.50. The maximum atomic E-state index is 12.6. The van der Waals surface area contributed by atoms with Gasteiger partial charge in [0.2, 0.25) is 15.9 Å². The van der Waals surface area contributed by atoms with Crippen molar-refractivity contribution >= 4 is 15.9 Å². The lowest BCUT2D eigenvalue weighted by Crippen LogP contribution is -2.41. The third-order valence-corrected chi connectivity index (χ3v) is 4.96. The molecule has 0 bridgehead atoms. The van der Waals surface area contributed by atoms with Crippen molar-refractivity contribution in [2.75, 3.05) is 19.8 Å². The molecule has 1 aromatic carbocycles. The molecule has 1 N–H and O–H groups in total. The van der Waals surface area contributed by atoms with Crippen molar-refractivity contribution in [1.29, 1.82) is 0 Å². The van der Waals surface area contributed by atoms with Gasteiger partial charge in [-0.15, -0.1) is 0 Å². The first kappa shape index (κ1) is 18.2. The monoisotopic (exact) mass is 350 g/mol. The Labute approximate surface area is 142 Å². The van der Waals surface area contributed by atoms with Crippen LogP contribution >= 0.6 is 0 Å². The fourth-order valence-electron chi connectivity index (χ4n) is 2.34. The lowest BCUT2D eigenvalue weighted by molar-refractivity contribution is -0.124. The number of carbonyl (C=O) groups excluding carboxylic acids is 1. The highest BCUT2D eigenvalue weighted by Gasteiger charge is 2.30. The second-order valence-corrected chi connectivity index (χ2v) is 7.58. The Morgan fingerprint density at radius 2 is 2.04 bits per heavy atom. The van der Waals surface area contributed by atoms with Crippen LogP contribution in [0.2, 0.25) is 0 Å². The summed E-state index contributed by atoms with van der Waals surface area (Å²) in [4.78, 5) is 16.5. The number of hydrogen-bond acceptors (Lipinski definition) is 4. The SMILES string of the molecule is CN([C@@H](C(=O)NCCCn1ccnc1)c1ccccc1)S(C)(=O)=O. The smallest absolute Gasteiger partial charge is 0.242 e.